The van der Waals surface area contributed by atoms with Crippen molar-refractivity contribution in [3.05, 3.63) is 11.7 Å². The molecule has 1 aliphatic carbocycles. The van der Waals surface area contributed by atoms with Crippen molar-refractivity contribution in [2.75, 3.05) is 19.6 Å². The van der Waals surface area contributed by atoms with Crippen LogP contribution in [0.5, 0.6) is 0 Å². The van der Waals surface area contributed by atoms with Gasteiger partial charge >= 0.3 is 0 Å². The summed E-state index contributed by atoms with van der Waals surface area (Å²) in [6, 6.07) is -0.0872. The second-order valence-electron chi connectivity index (χ2n) is 11.4. The maximum Gasteiger partial charge on any atom is 0.248 e. The number of nitrogens with one attached hydrogen (secondary N) is 1. The van der Waals surface area contributed by atoms with Crippen LogP contribution in [0.25, 0.3) is 0 Å². The molecule has 3 heterocycles. The van der Waals surface area contributed by atoms with Gasteiger partial charge in [-0.2, -0.15) is 4.98 Å². The molecule has 0 spiro atoms. The average molecular weight is 453 g/mol. The van der Waals surface area contributed by atoms with Crippen molar-refractivity contribution in [1.82, 2.24) is 20.4 Å². The predicted octanol–water partition coefficient (Wildman–Crippen LogP) is 4.66. The summed E-state index contributed by atoms with van der Waals surface area (Å²) in [6.07, 6.45) is 4.05. The largest absolute Gasteiger partial charge is 0.341 e. The molecule has 1 saturated carbocycles. The lowest BCUT2D eigenvalue weighted by atomic mass is 9.69. The number of alkyl halides is 2. The highest BCUT2D eigenvalue weighted by molar-refractivity contribution is 5.82. The molecule has 1 amide bonds. The monoisotopic (exact) mass is 452 g/mol. The van der Waals surface area contributed by atoms with Crippen LogP contribution in [-0.2, 0) is 10.2 Å². The first-order valence-electron chi connectivity index (χ1n) is 12.3. The van der Waals surface area contributed by atoms with Crippen LogP contribution in [-0.4, -0.2) is 52.5 Å². The summed E-state index contributed by atoms with van der Waals surface area (Å²) in [5, 5.41) is 7.77. The third-order valence-electron chi connectivity index (χ3n) is 8.26. The van der Waals surface area contributed by atoms with Crippen LogP contribution >= 0.6 is 0 Å². The summed E-state index contributed by atoms with van der Waals surface area (Å²) in [7, 11) is 0. The van der Waals surface area contributed by atoms with E-state index in [2.05, 4.69) is 38.2 Å². The van der Waals surface area contributed by atoms with Crippen molar-refractivity contribution in [2.45, 2.75) is 102 Å². The number of carbonyl (C=O) groups excluding carboxylic acids is 1. The van der Waals surface area contributed by atoms with Gasteiger partial charge in [0.25, 0.3) is 0 Å². The van der Waals surface area contributed by atoms with Crippen LogP contribution in [0.1, 0.15) is 96.7 Å². The number of halogens is 2. The number of hydrogen-bond donors (Lipinski definition) is 1. The van der Waals surface area contributed by atoms with Gasteiger partial charge < -0.3 is 14.7 Å². The first-order valence-corrected chi connectivity index (χ1v) is 12.3. The van der Waals surface area contributed by atoms with Crippen molar-refractivity contribution >= 4 is 5.91 Å². The van der Waals surface area contributed by atoms with Crippen molar-refractivity contribution in [3.63, 3.8) is 0 Å². The Bertz CT molecular complexity index is 795. The lowest BCUT2D eigenvalue weighted by Crippen LogP contribution is -2.55. The van der Waals surface area contributed by atoms with Crippen LogP contribution in [0.3, 0.4) is 0 Å². The van der Waals surface area contributed by atoms with Crippen LogP contribution < -0.4 is 5.32 Å². The van der Waals surface area contributed by atoms with Crippen molar-refractivity contribution in [1.29, 1.82) is 0 Å². The second kappa shape index (κ2) is 8.65. The standard InChI is InChI=1S/C24H38F2N4O2/c1-16(2)23(21-28-19(32-29-21)17-5-9-24(25,26)10-6-17)11-13-30(14-12-23)20(31)18-7-8-22(3,4)15-27-18/h16-18,27H,5-15H2,1-4H3. The van der Waals surface area contributed by atoms with E-state index in [1.807, 2.05) is 4.90 Å². The van der Waals surface area contributed by atoms with E-state index in [1.165, 1.54) is 0 Å². The molecule has 4 rings (SSSR count). The predicted molar refractivity (Wildman–Crippen MR) is 118 cm³/mol. The highest BCUT2D eigenvalue weighted by atomic mass is 19.3. The smallest absolute Gasteiger partial charge is 0.248 e. The number of rotatable bonds is 4. The van der Waals surface area contributed by atoms with Gasteiger partial charge in [-0.1, -0.05) is 32.9 Å². The molecule has 1 aromatic heterocycles. The fourth-order valence-electron chi connectivity index (χ4n) is 5.63. The van der Waals surface area contributed by atoms with E-state index in [0.717, 1.165) is 32.2 Å². The molecule has 1 aromatic rings. The Hall–Kier alpha value is -1.57. The summed E-state index contributed by atoms with van der Waals surface area (Å²) in [5.74, 6) is -0.971. The first kappa shape index (κ1) is 23.6. The van der Waals surface area contributed by atoms with E-state index < -0.39 is 5.92 Å². The quantitative estimate of drug-likeness (QED) is 0.720. The van der Waals surface area contributed by atoms with E-state index >= 15 is 0 Å². The van der Waals surface area contributed by atoms with Gasteiger partial charge in [0.1, 0.15) is 0 Å². The lowest BCUT2D eigenvalue weighted by Gasteiger charge is -2.44. The number of likely N-dealkylation sites (tertiary alicyclic amines) is 1. The van der Waals surface area contributed by atoms with E-state index in [4.69, 9.17) is 9.51 Å². The fourth-order valence-corrected chi connectivity index (χ4v) is 5.63. The molecule has 3 aliphatic rings. The minimum atomic E-state index is -2.57. The van der Waals surface area contributed by atoms with Gasteiger partial charge in [0.2, 0.25) is 17.7 Å². The molecule has 2 saturated heterocycles. The zero-order valence-electron chi connectivity index (χ0n) is 19.9. The molecule has 180 valence electrons. The Morgan fingerprint density at radius 2 is 1.75 bits per heavy atom. The van der Waals surface area contributed by atoms with E-state index in [0.29, 0.717) is 37.6 Å². The summed E-state index contributed by atoms with van der Waals surface area (Å²) in [5.41, 5.74) is -0.00481. The van der Waals surface area contributed by atoms with Crippen LogP contribution in [0.4, 0.5) is 8.78 Å². The minimum absolute atomic E-state index is 0.0802. The maximum atomic E-state index is 13.5. The lowest BCUT2D eigenvalue weighted by molar-refractivity contribution is -0.136. The second-order valence-corrected chi connectivity index (χ2v) is 11.4. The highest BCUT2D eigenvalue weighted by Gasteiger charge is 2.45. The van der Waals surface area contributed by atoms with Crippen molar-refractivity contribution in [2.24, 2.45) is 11.3 Å². The molecular formula is C24H38F2N4O2. The summed E-state index contributed by atoms with van der Waals surface area (Å²) in [4.78, 5) is 19.8. The normalized spacial score (nSPS) is 28.1. The van der Waals surface area contributed by atoms with Crippen molar-refractivity contribution < 1.29 is 18.1 Å². The Balaban J connectivity index is 1.41. The average Bonchev–Trinajstić information content (AvgIpc) is 3.24. The Morgan fingerprint density at radius 3 is 2.31 bits per heavy atom. The zero-order valence-corrected chi connectivity index (χ0v) is 19.9. The number of nitrogens with zero attached hydrogens (tertiary/aromatic N) is 3. The SMILES string of the molecule is CC(C)C1(c2noc(C3CCC(F)(F)CC3)n2)CCN(C(=O)C2CCC(C)(C)CN2)CC1. The Kier molecular flexibility index (Phi) is 6.38. The molecule has 32 heavy (non-hydrogen) atoms. The Morgan fingerprint density at radius 1 is 1.09 bits per heavy atom. The zero-order chi connectivity index (χ0) is 23.1. The van der Waals surface area contributed by atoms with E-state index in [-0.39, 0.29) is 47.5 Å². The number of hydrogen-bond acceptors (Lipinski definition) is 5. The summed E-state index contributed by atoms with van der Waals surface area (Å²) in [6.45, 7) is 11.0. The minimum Gasteiger partial charge on any atom is -0.341 e. The van der Waals surface area contributed by atoms with E-state index in [1.54, 1.807) is 0 Å². The third kappa shape index (κ3) is 4.70. The van der Waals surface area contributed by atoms with Crippen LogP contribution in [0.2, 0.25) is 0 Å². The Labute approximate surface area is 189 Å². The van der Waals surface area contributed by atoms with Gasteiger partial charge in [-0.25, -0.2) is 8.78 Å². The van der Waals surface area contributed by atoms with Gasteiger partial charge in [-0.15, -0.1) is 0 Å². The molecule has 1 N–H and O–H groups in total. The number of piperidine rings is 2. The summed E-state index contributed by atoms with van der Waals surface area (Å²) < 4.78 is 32.6. The molecule has 0 radical (unpaired) electrons. The molecule has 2 aliphatic heterocycles. The molecule has 0 aromatic carbocycles. The molecule has 6 nitrogen and oxygen atoms in total. The van der Waals surface area contributed by atoms with Gasteiger partial charge in [0.05, 0.1) is 6.04 Å². The molecule has 0 bridgehead atoms. The number of amides is 1. The van der Waals surface area contributed by atoms with Crippen LogP contribution in [0, 0.1) is 11.3 Å². The highest BCUT2D eigenvalue weighted by Crippen LogP contribution is 2.44. The fraction of sp³-hybridized carbons (Fsp3) is 0.875. The molecular weight excluding hydrogens is 414 g/mol. The third-order valence-corrected chi connectivity index (χ3v) is 8.26. The van der Waals surface area contributed by atoms with Crippen LogP contribution in [0.15, 0.2) is 4.52 Å². The summed E-state index contributed by atoms with van der Waals surface area (Å²) >= 11 is 0. The van der Waals surface area contributed by atoms with Crippen molar-refractivity contribution in [3.8, 4) is 0 Å². The van der Waals surface area contributed by atoms with Gasteiger partial charge in [0, 0.05) is 43.8 Å². The van der Waals surface area contributed by atoms with Gasteiger partial charge in [-0.3, -0.25) is 4.79 Å². The molecule has 8 heteroatoms. The van der Waals surface area contributed by atoms with E-state index in [9.17, 15) is 13.6 Å². The molecule has 3 fully saturated rings. The topological polar surface area (TPSA) is 71.3 Å². The van der Waals surface area contributed by atoms with Gasteiger partial charge in [-0.05, 0) is 49.9 Å². The number of aromatic nitrogens is 2. The maximum absolute atomic E-state index is 13.5. The molecule has 1 unspecified atom stereocenters. The van der Waals surface area contributed by atoms with Gasteiger partial charge in [0.15, 0.2) is 5.82 Å². The molecule has 1 atom stereocenters. The first-order chi connectivity index (χ1) is 15.0. The number of carbonyl (C=O) groups is 1.